The van der Waals surface area contributed by atoms with E-state index in [2.05, 4.69) is 5.32 Å². The molecule has 0 radical (unpaired) electrons. The van der Waals surface area contributed by atoms with E-state index in [1.54, 1.807) is 0 Å². The fraction of sp³-hybridized carbons (Fsp3) is 0.278. The first kappa shape index (κ1) is 18.5. The lowest BCUT2D eigenvalue weighted by Gasteiger charge is -2.21. The predicted octanol–water partition coefficient (Wildman–Crippen LogP) is 2.22. The lowest BCUT2D eigenvalue weighted by Crippen LogP contribution is -2.35. The second kappa shape index (κ2) is 7.53. The minimum absolute atomic E-state index is 0.00426. The average Bonchev–Trinajstić information content (AvgIpc) is 3.46. The van der Waals surface area contributed by atoms with Crippen LogP contribution in [0.15, 0.2) is 53.4 Å². The number of carbonyl (C=O) groups is 1. The minimum Gasteiger partial charge on any atom is -0.395 e. The van der Waals surface area contributed by atoms with E-state index in [-0.39, 0.29) is 29.7 Å². The molecule has 26 heavy (non-hydrogen) atoms. The summed E-state index contributed by atoms with van der Waals surface area (Å²) in [4.78, 5) is 12.4. The Balaban J connectivity index is 1.82. The molecule has 1 aliphatic carbocycles. The Morgan fingerprint density at radius 1 is 1.19 bits per heavy atom. The molecule has 1 saturated carbocycles. The molecule has 0 atom stereocenters. The molecule has 1 fully saturated rings. The van der Waals surface area contributed by atoms with Crippen molar-refractivity contribution in [1.82, 2.24) is 4.31 Å². The van der Waals surface area contributed by atoms with E-state index in [4.69, 9.17) is 5.11 Å². The van der Waals surface area contributed by atoms with Gasteiger partial charge in [-0.2, -0.15) is 4.31 Å². The number of benzene rings is 2. The molecular formula is C18H19FN2O4S. The fourth-order valence-corrected chi connectivity index (χ4v) is 4.35. The number of anilines is 1. The molecule has 6 nitrogen and oxygen atoms in total. The van der Waals surface area contributed by atoms with Crippen molar-refractivity contribution in [3.05, 3.63) is 59.9 Å². The first-order valence-corrected chi connectivity index (χ1v) is 9.65. The molecule has 0 heterocycles. The number of sulfonamides is 1. The Bertz CT molecular complexity index is 896. The molecule has 8 heteroatoms. The molecule has 1 amide bonds. The first-order chi connectivity index (χ1) is 12.4. The van der Waals surface area contributed by atoms with E-state index in [9.17, 15) is 17.6 Å². The number of halogens is 1. The standard InChI is InChI=1S/C18H19FN2O4S/c19-14-4-6-15(7-5-14)20-18(23)13-2-1-3-17(12-13)26(24,25)21(10-11-22)16-8-9-16/h1-7,12,16,22H,8-11H2,(H,20,23). The highest BCUT2D eigenvalue weighted by Gasteiger charge is 2.37. The van der Waals surface area contributed by atoms with E-state index < -0.39 is 21.7 Å². The van der Waals surface area contributed by atoms with Crippen LogP contribution in [0.1, 0.15) is 23.2 Å². The molecule has 0 aliphatic heterocycles. The molecule has 2 aromatic rings. The Morgan fingerprint density at radius 3 is 2.50 bits per heavy atom. The van der Waals surface area contributed by atoms with Crippen LogP contribution in [0.3, 0.4) is 0 Å². The largest absolute Gasteiger partial charge is 0.395 e. The van der Waals surface area contributed by atoms with Crippen LogP contribution in [-0.4, -0.2) is 42.9 Å². The zero-order chi connectivity index (χ0) is 18.7. The Hall–Kier alpha value is -2.29. The SMILES string of the molecule is O=C(Nc1ccc(F)cc1)c1cccc(S(=O)(=O)N(CCO)C2CC2)c1. The molecule has 0 saturated heterocycles. The van der Waals surface area contributed by atoms with E-state index in [0.29, 0.717) is 5.69 Å². The van der Waals surface area contributed by atoms with Gasteiger partial charge in [-0.3, -0.25) is 4.79 Å². The smallest absolute Gasteiger partial charge is 0.255 e. The van der Waals surface area contributed by atoms with Crippen molar-refractivity contribution in [3.63, 3.8) is 0 Å². The minimum atomic E-state index is -3.79. The molecule has 0 bridgehead atoms. The summed E-state index contributed by atoms with van der Waals surface area (Å²) in [6.45, 7) is -0.237. The average molecular weight is 378 g/mol. The highest BCUT2D eigenvalue weighted by atomic mass is 32.2. The van der Waals surface area contributed by atoms with Crippen LogP contribution in [0, 0.1) is 5.82 Å². The molecule has 0 unspecified atom stereocenters. The number of nitrogens with one attached hydrogen (secondary N) is 1. The number of rotatable bonds is 7. The topological polar surface area (TPSA) is 86.7 Å². The van der Waals surface area contributed by atoms with Gasteiger partial charge in [-0.1, -0.05) is 6.07 Å². The summed E-state index contributed by atoms with van der Waals surface area (Å²) in [7, 11) is -3.79. The highest BCUT2D eigenvalue weighted by molar-refractivity contribution is 7.89. The van der Waals surface area contributed by atoms with Crippen LogP contribution in [0.2, 0.25) is 0 Å². The second-order valence-electron chi connectivity index (χ2n) is 6.06. The van der Waals surface area contributed by atoms with Crippen molar-refractivity contribution in [2.45, 2.75) is 23.8 Å². The van der Waals surface area contributed by atoms with Gasteiger partial charge in [0.15, 0.2) is 0 Å². The van der Waals surface area contributed by atoms with Crippen LogP contribution in [0.25, 0.3) is 0 Å². The summed E-state index contributed by atoms with van der Waals surface area (Å²) in [5.74, 6) is -0.908. The summed E-state index contributed by atoms with van der Waals surface area (Å²) < 4.78 is 39.9. The second-order valence-corrected chi connectivity index (χ2v) is 7.95. The van der Waals surface area contributed by atoms with E-state index in [1.807, 2.05) is 0 Å². The fourth-order valence-electron chi connectivity index (χ4n) is 2.63. The third-order valence-electron chi connectivity index (χ3n) is 4.08. The lowest BCUT2D eigenvalue weighted by molar-refractivity contribution is 0.102. The maximum atomic E-state index is 12.9. The number of hydrogen-bond acceptors (Lipinski definition) is 4. The molecule has 3 rings (SSSR count). The number of carbonyl (C=O) groups excluding carboxylic acids is 1. The maximum absolute atomic E-state index is 12.9. The van der Waals surface area contributed by atoms with Crippen molar-refractivity contribution in [3.8, 4) is 0 Å². The van der Waals surface area contributed by atoms with Gasteiger partial charge < -0.3 is 10.4 Å². The molecule has 2 aromatic carbocycles. The molecule has 1 aliphatic rings. The van der Waals surface area contributed by atoms with Gasteiger partial charge in [0, 0.05) is 23.8 Å². The molecule has 138 valence electrons. The van der Waals surface area contributed by atoms with Gasteiger partial charge in [0.1, 0.15) is 5.82 Å². The maximum Gasteiger partial charge on any atom is 0.255 e. The van der Waals surface area contributed by atoms with Crippen molar-refractivity contribution in [1.29, 1.82) is 0 Å². The van der Waals surface area contributed by atoms with E-state index in [1.165, 1.54) is 52.8 Å². The van der Waals surface area contributed by atoms with Gasteiger partial charge in [0.05, 0.1) is 11.5 Å². The zero-order valence-electron chi connectivity index (χ0n) is 13.9. The third-order valence-corrected chi connectivity index (χ3v) is 6.03. The van der Waals surface area contributed by atoms with Crippen LogP contribution in [0.4, 0.5) is 10.1 Å². The summed E-state index contributed by atoms with van der Waals surface area (Å²) in [5.41, 5.74) is 0.583. The lowest BCUT2D eigenvalue weighted by atomic mass is 10.2. The highest BCUT2D eigenvalue weighted by Crippen LogP contribution is 2.32. The number of aliphatic hydroxyl groups excluding tert-OH is 1. The molecule has 0 aromatic heterocycles. The summed E-state index contributed by atoms with van der Waals surface area (Å²) in [6.07, 6.45) is 1.54. The van der Waals surface area contributed by atoms with Crippen molar-refractivity contribution in [2.24, 2.45) is 0 Å². The van der Waals surface area contributed by atoms with Gasteiger partial charge in [0.2, 0.25) is 10.0 Å². The van der Waals surface area contributed by atoms with Crippen LogP contribution >= 0.6 is 0 Å². The van der Waals surface area contributed by atoms with E-state index >= 15 is 0 Å². The predicted molar refractivity (Wildman–Crippen MR) is 94.8 cm³/mol. The van der Waals surface area contributed by atoms with Crippen LogP contribution in [0.5, 0.6) is 0 Å². The number of amides is 1. The number of nitrogens with zero attached hydrogens (tertiary/aromatic N) is 1. The third kappa shape index (κ3) is 4.09. The quantitative estimate of drug-likeness (QED) is 0.774. The van der Waals surface area contributed by atoms with Crippen molar-refractivity contribution >= 4 is 21.6 Å². The van der Waals surface area contributed by atoms with E-state index in [0.717, 1.165) is 12.8 Å². The van der Waals surface area contributed by atoms with Gasteiger partial charge in [0.25, 0.3) is 5.91 Å². The summed E-state index contributed by atoms with van der Waals surface area (Å²) in [5, 5.41) is 11.8. The van der Waals surface area contributed by atoms with Crippen LogP contribution < -0.4 is 5.32 Å². The van der Waals surface area contributed by atoms with Gasteiger partial charge in [-0.15, -0.1) is 0 Å². The summed E-state index contributed by atoms with van der Waals surface area (Å²) >= 11 is 0. The Kier molecular flexibility index (Phi) is 5.36. The molecule has 2 N–H and O–H groups in total. The molecular weight excluding hydrogens is 359 g/mol. The normalized spacial score (nSPS) is 14.4. The number of aliphatic hydroxyl groups is 1. The zero-order valence-corrected chi connectivity index (χ0v) is 14.7. The van der Waals surface area contributed by atoms with Gasteiger partial charge in [-0.05, 0) is 55.3 Å². The van der Waals surface area contributed by atoms with Gasteiger partial charge in [-0.25, -0.2) is 12.8 Å². The van der Waals surface area contributed by atoms with Crippen LogP contribution in [-0.2, 0) is 10.0 Å². The number of hydrogen-bond donors (Lipinski definition) is 2. The summed E-state index contributed by atoms with van der Waals surface area (Å²) in [6, 6.07) is 10.9. The Morgan fingerprint density at radius 2 is 1.88 bits per heavy atom. The molecule has 0 spiro atoms. The first-order valence-electron chi connectivity index (χ1n) is 8.21. The monoisotopic (exact) mass is 378 g/mol. The Labute approximate surface area is 151 Å². The van der Waals surface area contributed by atoms with Crippen molar-refractivity contribution < 1.29 is 22.7 Å². The van der Waals surface area contributed by atoms with Crippen molar-refractivity contribution in [2.75, 3.05) is 18.5 Å². The van der Waals surface area contributed by atoms with Gasteiger partial charge >= 0.3 is 0 Å².